The van der Waals surface area contributed by atoms with Gasteiger partial charge in [-0.1, -0.05) is 243 Å². The third-order valence-electron chi connectivity index (χ3n) is 18.7. The molecule has 0 N–H and O–H groups in total. The molecule has 0 amide bonds. The summed E-state index contributed by atoms with van der Waals surface area (Å²) in [5.74, 6) is 4.46. The van der Waals surface area contributed by atoms with Gasteiger partial charge in [-0.3, -0.25) is 9.13 Å². The van der Waals surface area contributed by atoms with E-state index < -0.39 is 10.0 Å². The molecule has 454 valence electrons. The second kappa shape index (κ2) is 23.6. The first kappa shape index (κ1) is 56.4. The van der Waals surface area contributed by atoms with E-state index in [2.05, 4.69) is 293 Å². The number of hydrogen-bond acceptors (Lipinski definition) is 6. The zero-order valence-corrected chi connectivity index (χ0v) is 52.9. The van der Waals surface area contributed by atoms with Crippen LogP contribution in [0, 0.1) is 0 Å². The Hall–Kier alpha value is -12.4. The van der Waals surface area contributed by atoms with Gasteiger partial charge in [0.2, 0.25) is 11.9 Å². The lowest BCUT2D eigenvalue weighted by Crippen LogP contribution is -2.11. The first-order valence-electron chi connectivity index (χ1n) is 32.4. The van der Waals surface area contributed by atoms with Crippen molar-refractivity contribution in [3.05, 3.63) is 339 Å². The highest BCUT2D eigenvalue weighted by molar-refractivity contribution is 8.33. The van der Waals surface area contributed by atoms with Crippen LogP contribution in [0.15, 0.2) is 348 Å². The van der Waals surface area contributed by atoms with Gasteiger partial charge in [0.25, 0.3) is 0 Å². The molecule has 96 heavy (non-hydrogen) atoms. The van der Waals surface area contributed by atoms with Crippen LogP contribution in [0.25, 0.3) is 140 Å². The highest BCUT2D eigenvalue weighted by Crippen LogP contribution is 2.69. The molecule has 0 bridgehead atoms. The van der Waals surface area contributed by atoms with Gasteiger partial charge in [0, 0.05) is 60.3 Å². The van der Waals surface area contributed by atoms with E-state index in [1.807, 2.05) is 54.6 Å². The third-order valence-corrected chi connectivity index (χ3v) is 22.7. The summed E-state index contributed by atoms with van der Waals surface area (Å²) < 4.78 is 6.83. The van der Waals surface area contributed by atoms with E-state index in [9.17, 15) is 0 Å². The summed E-state index contributed by atoms with van der Waals surface area (Å²) >= 11 is 0. The first-order valence-corrected chi connectivity index (χ1v) is 34.2. The van der Waals surface area contributed by atoms with E-state index in [1.54, 1.807) is 0 Å². The third kappa shape index (κ3) is 9.72. The van der Waals surface area contributed by atoms with E-state index in [-0.39, 0.29) is 0 Å². The Morgan fingerprint density at radius 2 is 0.604 bits per heavy atom. The molecule has 9 nitrogen and oxygen atoms in total. The summed E-state index contributed by atoms with van der Waals surface area (Å²) in [6, 6.07) is 119. The van der Waals surface area contributed by atoms with Crippen molar-refractivity contribution in [1.29, 1.82) is 0 Å². The largest absolute Gasteiger partial charge is 0.309 e. The minimum Gasteiger partial charge on any atom is -0.309 e. The van der Waals surface area contributed by atoms with Crippen LogP contribution < -0.4 is 0 Å². The molecule has 0 atom stereocenters. The Bertz CT molecular complexity index is 5840. The normalized spacial score (nSPS) is 12.0. The van der Waals surface area contributed by atoms with Crippen LogP contribution in [0.1, 0.15) is 5.56 Å². The standard InChI is InChI=1S/C86H59N9S/c1-7-26-58(27-8-1)52-53-96(66-36-15-5-16-37-66,67-38-17-6-18-39-67)68-50-51-78-72(55-68)69-40-20-23-44-76(69)94(78)85-89-83(62-32-13-4-14-33-62)88-84(92-85)64-35-25-34-63(54-64)59-46-48-65(49-47-59)93-75-43-22-19-41-70(75)73-57-80-74(56-79(73)93)71-42-21-24-45-77(71)95(80)86-90-81(60-28-9-2-10-29-60)87-82(91-86)61-30-11-3-12-31-61/h1-51,54-57H,52-53H2. The summed E-state index contributed by atoms with van der Waals surface area (Å²) in [6.45, 7) is 0. The Balaban J connectivity index is 0.740. The number of aromatic nitrogens is 9. The number of hydrogen-bond donors (Lipinski definition) is 0. The predicted octanol–water partition coefficient (Wildman–Crippen LogP) is 21.2. The quantitative estimate of drug-likeness (QED) is 0.108. The van der Waals surface area contributed by atoms with Crippen molar-refractivity contribution in [1.82, 2.24) is 43.6 Å². The number of para-hydroxylation sites is 3. The first-order chi connectivity index (χ1) is 47.6. The Morgan fingerprint density at radius 3 is 1.10 bits per heavy atom. The molecule has 0 aliphatic heterocycles. The molecule has 0 aliphatic rings. The van der Waals surface area contributed by atoms with Gasteiger partial charge in [-0.2, -0.15) is 30.0 Å². The number of aryl methyl sites for hydroxylation is 1. The number of rotatable bonds is 14. The molecule has 0 saturated carbocycles. The van der Waals surface area contributed by atoms with Crippen LogP contribution in [0.2, 0.25) is 0 Å². The molecule has 0 saturated heterocycles. The van der Waals surface area contributed by atoms with Gasteiger partial charge in [0.1, 0.15) is 0 Å². The van der Waals surface area contributed by atoms with Gasteiger partial charge in [0.15, 0.2) is 23.3 Å². The van der Waals surface area contributed by atoms with Crippen LogP contribution >= 0.6 is 10.0 Å². The summed E-state index contributed by atoms with van der Waals surface area (Å²) in [5.41, 5.74) is 14.4. The van der Waals surface area contributed by atoms with Gasteiger partial charge in [0.05, 0.1) is 33.1 Å². The fraction of sp³-hybridized carbons (Fsp3) is 0.0233. The van der Waals surface area contributed by atoms with Gasteiger partial charge in [-0.25, -0.2) is 9.97 Å². The maximum atomic E-state index is 5.47. The van der Waals surface area contributed by atoms with Gasteiger partial charge in [-0.15, -0.1) is 0 Å². The molecule has 5 aromatic heterocycles. The van der Waals surface area contributed by atoms with Crippen molar-refractivity contribution in [2.24, 2.45) is 0 Å². The Morgan fingerprint density at radius 1 is 0.229 bits per heavy atom. The van der Waals surface area contributed by atoms with Crippen molar-refractivity contribution in [2.75, 3.05) is 5.75 Å². The number of benzene rings is 13. The van der Waals surface area contributed by atoms with Crippen LogP contribution in [0.5, 0.6) is 0 Å². The number of fused-ring (bicyclic) bond motifs is 9. The molecule has 0 aliphatic carbocycles. The fourth-order valence-electron chi connectivity index (χ4n) is 14.1. The topological polar surface area (TPSA) is 92.1 Å². The van der Waals surface area contributed by atoms with Crippen LogP contribution in [-0.2, 0) is 6.42 Å². The average molecular weight is 1250 g/mol. The zero-order chi connectivity index (χ0) is 63.5. The zero-order valence-electron chi connectivity index (χ0n) is 52.1. The molecule has 0 radical (unpaired) electrons. The molecular formula is C86H59N9S. The van der Waals surface area contributed by atoms with E-state index in [4.69, 9.17) is 29.9 Å². The summed E-state index contributed by atoms with van der Waals surface area (Å²) in [7, 11) is -1.78. The highest BCUT2D eigenvalue weighted by Gasteiger charge is 2.32. The molecule has 0 unspecified atom stereocenters. The van der Waals surface area contributed by atoms with E-state index in [0.29, 0.717) is 35.2 Å². The molecule has 10 heteroatoms. The maximum absolute atomic E-state index is 5.47. The molecule has 18 rings (SSSR count). The van der Waals surface area contributed by atoms with E-state index in [0.717, 1.165) is 117 Å². The van der Waals surface area contributed by atoms with Crippen molar-refractivity contribution in [2.45, 2.75) is 21.1 Å². The lowest BCUT2D eigenvalue weighted by atomic mass is 10.0. The smallest absolute Gasteiger partial charge is 0.238 e. The minimum absolute atomic E-state index is 0.550. The average Bonchev–Trinajstić information content (AvgIpc) is 1.62. The van der Waals surface area contributed by atoms with Crippen LogP contribution in [-0.4, -0.2) is 49.4 Å². The van der Waals surface area contributed by atoms with Crippen LogP contribution in [0.3, 0.4) is 0 Å². The molecule has 0 spiro atoms. The minimum atomic E-state index is -1.78. The Labute approximate surface area is 556 Å². The second-order valence-corrected chi connectivity index (χ2v) is 27.5. The Kier molecular flexibility index (Phi) is 13.9. The van der Waals surface area contributed by atoms with Gasteiger partial charge < -0.3 is 4.57 Å². The van der Waals surface area contributed by atoms with Crippen LogP contribution in [0.4, 0.5) is 0 Å². The van der Waals surface area contributed by atoms with E-state index in [1.165, 1.54) is 20.2 Å². The van der Waals surface area contributed by atoms with E-state index >= 15 is 0 Å². The van der Waals surface area contributed by atoms with Crippen molar-refractivity contribution in [3.8, 4) is 74.3 Å². The highest BCUT2D eigenvalue weighted by atomic mass is 32.3. The number of nitrogens with zero attached hydrogens (tertiary/aromatic N) is 9. The SMILES string of the molecule is c1ccc(CCS(c2ccccc2)(c2ccccc2)c2ccc3c(c2)c2ccccc2n3-c2nc(-c3ccccc3)nc(-c3cccc(-c4ccc(-n5c6ccccc6c6cc7c(cc65)c5ccccc5n7-c5nc(-c6ccccc6)nc(-c6ccccc6)n5)cc4)c3)n2)cc1. The molecule has 5 heterocycles. The predicted molar refractivity (Wildman–Crippen MR) is 394 cm³/mol. The van der Waals surface area contributed by atoms with Crippen molar-refractivity contribution >= 4 is 75.4 Å². The maximum Gasteiger partial charge on any atom is 0.238 e. The lowest BCUT2D eigenvalue weighted by molar-refractivity contribution is 0.953. The van der Waals surface area contributed by atoms with Gasteiger partial charge >= 0.3 is 0 Å². The van der Waals surface area contributed by atoms with Crippen molar-refractivity contribution in [3.63, 3.8) is 0 Å². The summed E-state index contributed by atoms with van der Waals surface area (Å²) in [6.07, 6.45) is 0.933. The monoisotopic (exact) mass is 1250 g/mol. The second-order valence-electron chi connectivity index (χ2n) is 24.2. The van der Waals surface area contributed by atoms with Crippen molar-refractivity contribution < 1.29 is 0 Å². The lowest BCUT2D eigenvalue weighted by Gasteiger charge is -2.42. The molecule has 13 aromatic carbocycles. The fourth-order valence-corrected chi connectivity index (χ4v) is 18.1. The van der Waals surface area contributed by atoms with Gasteiger partial charge in [-0.05, 0) is 135 Å². The summed E-state index contributed by atoms with van der Waals surface area (Å²) in [5, 5.41) is 6.76. The molecule has 18 aromatic rings. The summed E-state index contributed by atoms with van der Waals surface area (Å²) in [4.78, 5) is 35.6. The molecular weight excluding hydrogens is 1190 g/mol. The molecule has 0 fully saturated rings.